The smallest absolute Gasteiger partial charge is 0.409 e. The van der Waals surface area contributed by atoms with Crippen LogP contribution >= 0.6 is 0 Å². The van der Waals surface area contributed by atoms with Crippen LogP contribution in [0.2, 0.25) is 0 Å². The molecule has 0 spiro atoms. The van der Waals surface area contributed by atoms with Crippen molar-refractivity contribution < 1.29 is 31.1 Å². The number of alkyl halides is 3. The van der Waals surface area contributed by atoms with Gasteiger partial charge in [-0.25, -0.2) is 18.0 Å². The van der Waals surface area contributed by atoms with Gasteiger partial charge in [-0.2, -0.15) is 17.1 Å². The number of likely N-dealkylation sites (tertiary alicyclic amines) is 2. The van der Waals surface area contributed by atoms with Crippen molar-refractivity contribution in [3.63, 3.8) is 0 Å². The van der Waals surface area contributed by atoms with Gasteiger partial charge in [0.05, 0.1) is 18.1 Å². The largest absolute Gasteiger partial charge is 0.453 e. The Morgan fingerprint density at radius 3 is 2.12 bits per heavy atom. The van der Waals surface area contributed by atoms with Crippen molar-refractivity contribution in [2.75, 3.05) is 39.0 Å². The molecule has 1 aromatic carbocycles. The summed E-state index contributed by atoms with van der Waals surface area (Å²) in [6, 6.07) is 5.99. The number of amides is 1. The fourth-order valence-corrected chi connectivity index (χ4v) is 6.41. The van der Waals surface area contributed by atoms with Gasteiger partial charge in [0.15, 0.2) is 5.75 Å². The number of piperidine rings is 2. The SMILES string of the molecule is COC(=O)N1CCC(N2CCC(n3c(=O)n(S(=O)(=O)CC(F)(F)F)c4ccccc43)CC2)CC1. The summed E-state index contributed by atoms with van der Waals surface area (Å²) in [5.74, 6) is -2.10. The van der Waals surface area contributed by atoms with Gasteiger partial charge in [0.1, 0.15) is 0 Å². The van der Waals surface area contributed by atoms with E-state index >= 15 is 0 Å². The minimum atomic E-state index is -4.96. The van der Waals surface area contributed by atoms with Gasteiger partial charge < -0.3 is 14.5 Å². The number of hydrogen-bond donors (Lipinski definition) is 0. The molecule has 2 aliphatic heterocycles. The quantitative estimate of drug-likeness (QED) is 0.635. The first-order valence-corrected chi connectivity index (χ1v) is 12.7. The minimum Gasteiger partial charge on any atom is -0.453 e. The number of benzene rings is 1. The summed E-state index contributed by atoms with van der Waals surface area (Å²) < 4.78 is 70.1. The number of carbonyl (C=O) groups excluding carboxylic acids is 1. The molecule has 1 amide bonds. The van der Waals surface area contributed by atoms with Crippen molar-refractivity contribution in [2.24, 2.45) is 0 Å². The summed E-state index contributed by atoms with van der Waals surface area (Å²) in [4.78, 5) is 28.8. The van der Waals surface area contributed by atoms with E-state index in [0.717, 1.165) is 12.8 Å². The lowest BCUT2D eigenvalue weighted by Crippen LogP contribution is -2.49. The fourth-order valence-electron chi connectivity index (χ4n) is 5.09. The van der Waals surface area contributed by atoms with Crippen LogP contribution in [0.5, 0.6) is 0 Å². The van der Waals surface area contributed by atoms with E-state index in [1.165, 1.54) is 23.8 Å². The average molecular weight is 505 g/mol. The normalized spacial score (nSPS) is 19.6. The number of hydrogen-bond acceptors (Lipinski definition) is 6. The molecule has 0 saturated carbocycles. The maximum atomic E-state index is 13.1. The summed E-state index contributed by atoms with van der Waals surface area (Å²) >= 11 is 0. The molecule has 0 atom stereocenters. The van der Waals surface area contributed by atoms with Crippen LogP contribution in [-0.4, -0.2) is 84.1 Å². The van der Waals surface area contributed by atoms with Crippen LogP contribution in [0.1, 0.15) is 31.7 Å². The first kappa shape index (κ1) is 24.6. The van der Waals surface area contributed by atoms with Gasteiger partial charge in [-0.05, 0) is 37.8 Å². The van der Waals surface area contributed by atoms with Crippen LogP contribution in [-0.2, 0) is 14.8 Å². The highest BCUT2D eigenvalue weighted by molar-refractivity contribution is 7.90. The molecule has 13 heteroatoms. The van der Waals surface area contributed by atoms with Crippen LogP contribution in [0.15, 0.2) is 29.1 Å². The molecular weight excluding hydrogens is 477 g/mol. The Balaban J connectivity index is 1.53. The number of aromatic nitrogens is 2. The zero-order valence-electron chi connectivity index (χ0n) is 18.7. The molecule has 34 heavy (non-hydrogen) atoms. The Morgan fingerprint density at radius 1 is 1.00 bits per heavy atom. The third kappa shape index (κ3) is 4.81. The number of imidazole rings is 1. The second-order valence-corrected chi connectivity index (χ2v) is 10.6. The van der Waals surface area contributed by atoms with Crippen molar-refractivity contribution in [1.29, 1.82) is 0 Å². The molecule has 2 aromatic rings. The van der Waals surface area contributed by atoms with E-state index in [2.05, 4.69) is 4.90 Å². The third-order valence-corrected chi connectivity index (χ3v) is 8.24. The lowest BCUT2D eigenvalue weighted by molar-refractivity contribution is -0.106. The highest BCUT2D eigenvalue weighted by atomic mass is 32.2. The standard InChI is InChI=1S/C21H27F3N4O5S/c1-33-20(30)26-12-6-15(7-13-26)25-10-8-16(9-11-25)27-17-4-2-3-5-18(17)28(19(27)29)34(31,32)14-21(22,23)24/h2-5,15-16H,6-14H2,1H3. The predicted octanol–water partition coefficient (Wildman–Crippen LogP) is 2.41. The molecule has 0 radical (unpaired) electrons. The Bertz CT molecular complexity index is 1210. The van der Waals surface area contributed by atoms with Crippen LogP contribution < -0.4 is 5.69 Å². The Hall–Kier alpha value is -2.54. The van der Waals surface area contributed by atoms with Crippen molar-refractivity contribution in [2.45, 2.75) is 43.9 Å². The van der Waals surface area contributed by atoms with Crippen molar-refractivity contribution in [1.82, 2.24) is 18.3 Å². The number of rotatable bonds is 4. The predicted molar refractivity (Wildman–Crippen MR) is 118 cm³/mol. The van der Waals surface area contributed by atoms with Crippen LogP contribution in [0, 0.1) is 0 Å². The van der Waals surface area contributed by atoms with Crippen molar-refractivity contribution >= 4 is 27.1 Å². The molecule has 1 aromatic heterocycles. The summed E-state index contributed by atoms with van der Waals surface area (Å²) in [7, 11) is -3.58. The topological polar surface area (TPSA) is 93.8 Å². The average Bonchev–Trinajstić information content (AvgIpc) is 3.09. The highest BCUT2D eigenvalue weighted by Gasteiger charge is 2.39. The molecule has 188 valence electrons. The molecule has 0 unspecified atom stereocenters. The maximum absolute atomic E-state index is 13.1. The minimum absolute atomic E-state index is 0.0469. The molecule has 0 aliphatic carbocycles. The summed E-state index contributed by atoms with van der Waals surface area (Å²) in [6.45, 7) is 2.52. The van der Waals surface area contributed by atoms with Gasteiger partial charge >= 0.3 is 18.0 Å². The lowest BCUT2D eigenvalue weighted by atomic mass is 9.97. The summed E-state index contributed by atoms with van der Waals surface area (Å²) in [5, 5.41) is 0. The van der Waals surface area contributed by atoms with Crippen LogP contribution in [0.25, 0.3) is 11.0 Å². The van der Waals surface area contributed by atoms with E-state index in [1.54, 1.807) is 17.0 Å². The van der Waals surface area contributed by atoms with Gasteiger partial charge in [-0.15, -0.1) is 0 Å². The molecule has 0 N–H and O–H groups in total. The number of carbonyl (C=O) groups is 1. The van der Waals surface area contributed by atoms with E-state index in [4.69, 9.17) is 4.74 Å². The van der Waals surface area contributed by atoms with Crippen LogP contribution in [0.4, 0.5) is 18.0 Å². The molecule has 2 saturated heterocycles. The number of fused-ring (bicyclic) bond motifs is 1. The monoisotopic (exact) mass is 504 g/mol. The number of para-hydroxylation sites is 2. The molecule has 2 aliphatic rings. The van der Waals surface area contributed by atoms with E-state index in [-0.39, 0.29) is 23.7 Å². The van der Waals surface area contributed by atoms with Gasteiger partial charge in [0.2, 0.25) is 0 Å². The Kier molecular flexibility index (Phi) is 6.69. The van der Waals surface area contributed by atoms with E-state index in [9.17, 15) is 31.2 Å². The molecule has 4 rings (SSSR count). The van der Waals surface area contributed by atoms with Crippen molar-refractivity contribution in [3.05, 3.63) is 34.7 Å². The third-order valence-electron chi connectivity index (χ3n) is 6.64. The molecule has 0 bridgehead atoms. The first-order chi connectivity index (χ1) is 16.0. The summed E-state index contributed by atoms with van der Waals surface area (Å²) in [5.41, 5.74) is -0.701. The number of halogens is 3. The van der Waals surface area contributed by atoms with E-state index < -0.39 is 27.6 Å². The first-order valence-electron chi connectivity index (χ1n) is 11.1. The second-order valence-electron chi connectivity index (χ2n) is 8.73. The summed E-state index contributed by atoms with van der Waals surface area (Å²) in [6.07, 6.45) is -2.58. The van der Waals surface area contributed by atoms with E-state index in [0.29, 0.717) is 48.5 Å². The van der Waals surface area contributed by atoms with Crippen LogP contribution in [0.3, 0.4) is 0 Å². The Labute approximate surface area is 194 Å². The van der Waals surface area contributed by atoms with Gasteiger partial charge in [0, 0.05) is 38.3 Å². The fraction of sp³-hybridized carbons (Fsp3) is 0.619. The van der Waals surface area contributed by atoms with Crippen molar-refractivity contribution in [3.8, 4) is 0 Å². The zero-order chi connectivity index (χ0) is 24.7. The van der Waals surface area contributed by atoms with E-state index in [1.807, 2.05) is 0 Å². The Morgan fingerprint density at radius 2 is 1.56 bits per heavy atom. The number of nitrogens with zero attached hydrogens (tertiary/aromatic N) is 4. The maximum Gasteiger partial charge on any atom is 0.409 e. The molecule has 3 heterocycles. The zero-order valence-corrected chi connectivity index (χ0v) is 19.5. The molecule has 9 nitrogen and oxygen atoms in total. The number of methoxy groups -OCH3 is 1. The van der Waals surface area contributed by atoms with Gasteiger partial charge in [0.25, 0.3) is 10.0 Å². The van der Waals surface area contributed by atoms with Gasteiger partial charge in [-0.1, -0.05) is 12.1 Å². The lowest BCUT2D eigenvalue weighted by Gasteiger charge is -2.41. The number of ether oxygens (including phenoxy) is 1. The molecule has 2 fully saturated rings. The second kappa shape index (κ2) is 9.25. The highest BCUT2D eigenvalue weighted by Crippen LogP contribution is 2.30. The molecular formula is C21H27F3N4O5S. The van der Waals surface area contributed by atoms with Gasteiger partial charge in [-0.3, -0.25) is 4.57 Å².